The number of carbonyl (C=O) groups excluding carboxylic acids is 1. The summed E-state index contributed by atoms with van der Waals surface area (Å²) in [6.45, 7) is 3.24. The van der Waals surface area contributed by atoms with Crippen molar-refractivity contribution in [3.8, 4) is 5.75 Å². The Morgan fingerprint density at radius 1 is 1.32 bits per heavy atom. The molecule has 0 unspecified atom stereocenters. The van der Waals surface area contributed by atoms with E-state index >= 15 is 0 Å². The summed E-state index contributed by atoms with van der Waals surface area (Å²) >= 11 is 12.1. The summed E-state index contributed by atoms with van der Waals surface area (Å²) in [6.07, 6.45) is 0. The van der Waals surface area contributed by atoms with Gasteiger partial charge in [-0.25, -0.2) is 4.79 Å². The van der Waals surface area contributed by atoms with Crippen molar-refractivity contribution in [1.29, 1.82) is 0 Å². The molecule has 0 fully saturated rings. The molecule has 0 amide bonds. The third kappa shape index (κ3) is 2.30. The topological polar surface area (TPSA) is 63.6 Å². The number of ether oxygens (including phenoxy) is 1. The Hall–Kier alpha value is -1.26. The number of carboxylic acids is 1. The molecule has 2 rings (SSSR count). The van der Waals surface area contributed by atoms with Gasteiger partial charge in [0, 0.05) is 11.5 Å². The quantitative estimate of drug-likeness (QED) is 0.929. The second kappa shape index (κ2) is 5.02. The number of aliphatic carboxylic acids is 1. The zero-order chi connectivity index (χ0) is 14.3. The lowest BCUT2D eigenvalue weighted by atomic mass is 9.96. The average molecular weight is 303 g/mol. The Balaban J connectivity index is 2.49. The number of benzene rings is 1. The van der Waals surface area contributed by atoms with Crippen LogP contribution >= 0.6 is 23.2 Å². The van der Waals surface area contributed by atoms with Gasteiger partial charge in [0.1, 0.15) is 10.8 Å². The van der Waals surface area contributed by atoms with Crippen LogP contribution in [0.25, 0.3) is 0 Å². The Bertz CT molecular complexity index is 568. The molecule has 1 N–H and O–H groups in total. The number of hydrogen-bond donors (Lipinski definition) is 1. The predicted molar refractivity (Wildman–Crippen MR) is 71.5 cm³/mol. The molecule has 6 heteroatoms. The van der Waals surface area contributed by atoms with E-state index in [4.69, 9.17) is 33.0 Å². The van der Waals surface area contributed by atoms with E-state index in [1.54, 1.807) is 6.07 Å². The number of rotatable bonds is 3. The molecule has 4 nitrogen and oxygen atoms in total. The predicted octanol–water partition coefficient (Wildman–Crippen LogP) is 3.39. The minimum Gasteiger partial charge on any atom is -0.480 e. The monoisotopic (exact) mass is 302 g/mol. The maximum absolute atomic E-state index is 12.1. The molecule has 1 aromatic carbocycles. The van der Waals surface area contributed by atoms with Crippen LogP contribution in [0.5, 0.6) is 5.75 Å². The summed E-state index contributed by atoms with van der Waals surface area (Å²) in [4.78, 5) is 22.6. The first kappa shape index (κ1) is 14.2. The zero-order valence-electron chi connectivity index (χ0n) is 10.4. The van der Waals surface area contributed by atoms with E-state index in [2.05, 4.69) is 0 Å². The minimum atomic E-state index is -1.11. The third-order valence-electron chi connectivity index (χ3n) is 3.46. The zero-order valence-corrected chi connectivity index (χ0v) is 11.9. The molecule has 0 radical (unpaired) electrons. The third-order valence-corrected chi connectivity index (χ3v) is 4.31. The maximum atomic E-state index is 12.1. The van der Waals surface area contributed by atoms with Crippen molar-refractivity contribution in [3.63, 3.8) is 0 Å². The second-order valence-corrected chi connectivity index (χ2v) is 5.35. The van der Waals surface area contributed by atoms with Gasteiger partial charge in [-0.05, 0) is 17.5 Å². The van der Waals surface area contributed by atoms with Gasteiger partial charge in [0.15, 0.2) is 12.4 Å². The summed E-state index contributed by atoms with van der Waals surface area (Å²) in [5.74, 6) is -1.12. The van der Waals surface area contributed by atoms with Crippen molar-refractivity contribution in [2.24, 2.45) is 5.92 Å². The summed E-state index contributed by atoms with van der Waals surface area (Å²) < 4.78 is 5.10. The van der Waals surface area contributed by atoms with Crippen molar-refractivity contribution in [2.45, 2.75) is 19.8 Å². The molecule has 0 aliphatic heterocycles. The number of ketones is 1. The molecule has 0 aromatic heterocycles. The lowest BCUT2D eigenvalue weighted by Crippen LogP contribution is -2.10. The first-order chi connectivity index (χ1) is 8.84. The van der Waals surface area contributed by atoms with Crippen LogP contribution in [0.1, 0.15) is 35.7 Å². The number of fused-ring (bicyclic) bond motifs is 1. The van der Waals surface area contributed by atoms with Crippen molar-refractivity contribution in [2.75, 3.05) is 6.61 Å². The highest BCUT2D eigenvalue weighted by Gasteiger charge is 2.37. The summed E-state index contributed by atoms with van der Waals surface area (Å²) in [5.41, 5.74) is 1.18. The van der Waals surface area contributed by atoms with Gasteiger partial charge in [-0.3, -0.25) is 4.79 Å². The van der Waals surface area contributed by atoms with Gasteiger partial charge < -0.3 is 9.84 Å². The van der Waals surface area contributed by atoms with Crippen LogP contribution in [-0.4, -0.2) is 23.5 Å². The first-order valence-corrected chi connectivity index (χ1v) is 6.50. The van der Waals surface area contributed by atoms with E-state index in [1.807, 2.05) is 13.8 Å². The van der Waals surface area contributed by atoms with Gasteiger partial charge in [0.2, 0.25) is 0 Å². The van der Waals surface area contributed by atoms with Gasteiger partial charge in [-0.15, -0.1) is 0 Å². The molecule has 0 bridgehead atoms. The van der Waals surface area contributed by atoms with Crippen molar-refractivity contribution in [1.82, 2.24) is 0 Å². The Morgan fingerprint density at radius 2 is 1.95 bits per heavy atom. The van der Waals surface area contributed by atoms with Gasteiger partial charge in [-0.2, -0.15) is 0 Å². The SMILES string of the molecule is C[C@@H]1c2cc(OCC(=O)O)c(Cl)c(Cl)c2C(=O)[C@@H]1C. The van der Waals surface area contributed by atoms with Crippen molar-refractivity contribution in [3.05, 3.63) is 27.2 Å². The van der Waals surface area contributed by atoms with E-state index in [0.29, 0.717) is 5.56 Å². The van der Waals surface area contributed by atoms with Crippen LogP contribution in [0, 0.1) is 5.92 Å². The second-order valence-electron chi connectivity index (χ2n) is 4.59. The number of hydrogen-bond acceptors (Lipinski definition) is 3. The van der Waals surface area contributed by atoms with Gasteiger partial charge >= 0.3 is 5.97 Å². The molecular weight excluding hydrogens is 291 g/mol. The normalized spacial score (nSPS) is 21.4. The van der Waals surface area contributed by atoms with Crippen LogP contribution in [-0.2, 0) is 4.79 Å². The molecule has 0 saturated carbocycles. The average Bonchev–Trinajstić information content (AvgIpc) is 2.57. The molecule has 2 atom stereocenters. The van der Waals surface area contributed by atoms with Gasteiger partial charge in [0.05, 0.1) is 5.02 Å². The Kier molecular flexibility index (Phi) is 3.74. The summed E-state index contributed by atoms with van der Waals surface area (Å²) in [7, 11) is 0. The van der Waals surface area contributed by atoms with Crippen LogP contribution in [0.2, 0.25) is 10.0 Å². The molecule has 0 spiro atoms. The number of carboxylic acid groups (broad SMARTS) is 1. The smallest absolute Gasteiger partial charge is 0.341 e. The lowest BCUT2D eigenvalue weighted by molar-refractivity contribution is -0.139. The largest absolute Gasteiger partial charge is 0.480 e. The molecule has 102 valence electrons. The van der Waals surface area contributed by atoms with E-state index in [1.165, 1.54) is 0 Å². The first-order valence-electron chi connectivity index (χ1n) is 5.75. The molecule has 1 aliphatic carbocycles. The van der Waals surface area contributed by atoms with Crippen LogP contribution in [0.4, 0.5) is 0 Å². The Morgan fingerprint density at radius 3 is 2.53 bits per heavy atom. The highest BCUT2D eigenvalue weighted by atomic mass is 35.5. The van der Waals surface area contributed by atoms with E-state index < -0.39 is 12.6 Å². The fourth-order valence-electron chi connectivity index (χ4n) is 2.20. The molecule has 0 saturated heterocycles. The number of carbonyl (C=O) groups is 2. The highest BCUT2D eigenvalue weighted by Crippen LogP contribution is 2.46. The van der Waals surface area contributed by atoms with Crippen LogP contribution in [0.3, 0.4) is 0 Å². The highest BCUT2D eigenvalue weighted by molar-refractivity contribution is 6.45. The maximum Gasteiger partial charge on any atom is 0.341 e. The van der Waals surface area contributed by atoms with Gasteiger partial charge in [0.25, 0.3) is 0 Å². The summed E-state index contributed by atoms with van der Waals surface area (Å²) in [5, 5.41) is 8.83. The Labute approximate surface area is 120 Å². The summed E-state index contributed by atoms with van der Waals surface area (Å²) in [6, 6.07) is 1.61. The molecule has 1 aliphatic rings. The number of halogens is 2. The molecule has 0 heterocycles. The van der Waals surface area contributed by atoms with Crippen LogP contribution < -0.4 is 4.74 Å². The minimum absolute atomic E-state index is 0.00412. The fraction of sp³-hybridized carbons (Fsp3) is 0.385. The standard InChI is InChI=1S/C13H12Cl2O4/c1-5-6(2)13(18)10-7(5)3-8(11(14)12(10)15)19-4-9(16)17/h3,5-6H,4H2,1-2H3,(H,16,17)/t5-,6+/m0/s1. The number of Topliss-reactive ketones (excluding diaryl/α,β-unsaturated/α-hetero) is 1. The van der Waals surface area contributed by atoms with Crippen LogP contribution in [0.15, 0.2) is 6.07 Å². The van der Waals surface area contributed by atoms with Crippen molar-refractivity contribution < 1.29 is 19.4 Å². The van der Waals surface area contributed by atoms with Crippen molar-refractivity contribution >= 4 is 35.0 Å². The molecule has 1 aromatic rings. The van der Waals surface area contributed by atoms with Gasteiger partial charge in [-0.1, -0.05) is 37.0 Å². The molecule has 19 heavy (non-hydrogen) atoms. The fourth-order valence-corrected chi connectivity index (χ4v) is 2.70. The molecular formula is C13H12Cl2O4. The van der Waals surface area contributed by atoms with E-state index in [0.717, 1.165) is 5.56 Å². The van der Waals surface area contributed by atoms with E-state index in [9.17, 15) is 9.59 Å². The lowest BCUT2D eigenvalue weighted by Gasteiger charge is -2.12. The van der Waals surface area contributed by atoms with E-state index in [-0.39, 0.29) is 33.4 Å².